The number of nitrogens with one attached hydrogen (secondary N) is 2. The average Bonchev–Trinajstić information content (AvgIpc) is 2.54. The monoisotopic (exact) mass is 360 g/mol. The highest BCUT2D eigenvalue weighted by Gasteiger charge is 2.26. The van der Waals surface area contributed by atoms with Crippen LogP contribution in [0.1, 0.15) is 32.4 Å². The number of hydrogen-bond donors (Lipinski definition) is 2. The van der Waals surface area contributed by atoms with E-state index in [0.29, 0.717) is 16.3 Å². The fourth-order valence-electron chi connectivity index (χ4n) is 2.14. The molecule has 0 aromatic heterocycles. The van der Waals surface area contributed by atoms with Crippen LogP contribution in [0.4, 0.5) is 10.5 Å². The van der Waals surface area contributed by atoms with Crippen LogP contribution in [0.5, 0.6) is 0 Å². The lowest BCUT2D eigenvalue weighted by molar-refractivity contribution is -0.118. The normalized spacial score (nSPS) is 12.2. The number of hydrogen-bond acceptors (Lipinski definition) is 3. The van der Waals surface area contributed by atoms with Crippen molar-refractivity contribution in [1.82, 2.24) is 5.32 Å². The van der Waals surface area contributed by atoms with Crippen LogP contribution in [-0.4, -0.2) is 17.6 Å². The van der Waals surface area contributed by atoms with Gasteiger partial charge in [-0.2, -0.15) is 0 Å². The number of benzene rings is 2. The molecule has 0 unspecified atom stereocenters. The van der Waals surface area contributed by atoms with Crippen molar-refractivity contribution in [2.45, 2.75) is 32.4 Å². The Bertz CT molecular complexity index is 742. The zero-order valence-electron chi connectivity index (χ0n) is 14.4. The van der Waals surface area contributed by atoms with Gasteiger partial charge >= 0.3 is 6.09 Å². The maximum atomic E-state index is 12.7. The summed E-state index contributed by atoms with van der Waals surface area (Å²) in [5.41, 5.74) is 0.448. The van der Waals surface area contributed by atoms with E-state index in [-0.39, 0.29) is 0 Å². The largest absolute Gasteiger partial charge is 0.444 e. The standard InChI is InChI=1S/C19H21ClN2O3/c1-19(2,3)25-18(24)22-16(13-9-5-4-6-10-13)17(23)21-15-12-8-7-11-14(15)20/h4-12,16H,1-3H3,(H,21,23)(H,22,24)/t16-/m0/s1. The summed E-state index contributed by atoms with van der Waals surface area (Å²) < 4.78 is 5.26. The minimum absolute atomic E-state index is 0.412. The van der Waals surface area contributed by atoms with Crippen molar-refractivity contribution in [3.8, 4) is 0 Å². The maximum absolute atomic E-state index is 12.7. The van der Waals surface area contributed by atoms with Gasteiger partial charge in [0, 0.05) is 0 Å². The molecule has 1 atom stereocenters. The van der Waals surface area contributed by atoms with E-state index >= 15 is 0 Å². The third-order valence-corrected chi connectivity index (χ3v) is 3.52. The molecule has 0 heterocycles. The Kier molecular flexibility index (Phi) is 6.04. The lowest BCUT2D eigenvalue weighted by Crippen LogP contribution is -2.40. The summed E-state index contributed by atoms with van der Waals surface area (Å²) in [6, 6.07) is 14.9. The van der Waals surface area contributed by atoms with Crippen LogP contribution in [-0.2, 0) is 9.53 Å². The second-order valence-corrected chi connectivity index (χ2v) is 6.87. The highest BCUT2D eigenvalue weighted by atomic mass is 35.5. The summed E-state index contributed by atoms with van der Waals surface area (Å²) in [5.74, 6) is -0.412. The van der Waals surface area contributed by atoms with Crippen LogP contribution in [0.3, 0.4) is 0 Å². The molecule has 2 aromatic carbocycles. The molecule has 25 heavy (non-hydrogen) atoms. The molecule has 2 N–H and O–H groups in total. The van der Waals surface area contributed by atoms with E-state index < -0.39 is 23.6 Å². The number of ether oxygens (including phenoxy) is 1. The molecule has 2 rings (SSSR count). The number of carbonyl (C=O) groups is 2. The minimum atomic E-state index is -0.910. The van der Waals surface area contributed by atoms with E-state index in [1.807, 2.05) is 6.07 Å². The average molecular weight is 361 g/mol. The summed E-state index contributed by atoms with van der Waals surface area (Å²) in [6.45, 7) is 5.27. The molecule has 0 aliphatic rings. The predicted octanol–water partition coefficient (Wildman–Crippen LogP) is 4.54. The Hall–Kier alpha value is -2.53. The summed E-state index contributed by atoms with van der Waals surface area (Å²) in [7, 11) is 0. The number of carbonyl (C=O) groups excluding carboxylic acids is 2. The topological polar surface area (TPSA) is 67.4 Å². The maximum Gasteiger partial charge on any atom is 0.408 e. The van der Waals surface area contributed by atoms with Gasteiger partial charge in [0.15, 0.2) is 0 Å². The highest BCUT2D eigenvalue weighted by molar-refractivity contribution is 6.33. The van der Waals surface area contributed by atoms with Crippen molar-refractivity contribution in [3.05, 3.63) is 65.2 Å². The molecule has 0 radical (unpaired) electrons. The van der Waals surface area contributed by atoms with Crippen LogP contribution in [0.15, 0.2) is 54.6 Å². The van der Waals surface area contributed by atoms with Gasteiger partial charge in [-0.15, -0.1) is 0 Å². The second-order valence-electron chi connectivity index (χ2n) is 6.46. The summed E-state index contributed by atoms with van der Waals surface area (Å²) in [4.78, 5) is 24.9. The molecule has 0 aliphatic carbocycles. The molecule has 0 bridgehead atoms. The van der Waals surface area contributed by atoms with Gasteiger partial charge < -0.3 is 15.4 Å². The first-order chi connectivity index (χ1) is 11.8. The molecule has 2 amide bonds. The number of rotatable bonds is 4. The number of anilines is 1. The molecule has 0 aliphatic heterocycles. The lowest BCUT2D eigenvalue weighted by Gasteiger charge is -2.23. The number of halogens is 1. The zero-order valence-corrected chi connectivity index (χ0v) is 15.1. The Labute approximate surface area is 152 Å². The number of para-hydroxylation sites is 1. The number of amides is 2. The molecular formula is C19H21ClN2O3. The van der Waals surface area contributed by atoms with Gasteiger partial charge in [-0.3, -0.25) is 4.79 Å². The Morgan fingerprint density at radius 1 is 1.00 bits per heavy atom. The smallest absolute Gasteiger partial charge is 0.408 e. The first kappa shape index (κ1) is 18.8. The number of alkyl carbamates (subject to hydrolysis) is 1. The Morgan fingerprint density at radius 3 is 2.20 bits per heavy atom. The van der Waals surface area contributed by atoms with E-state index in [4.69, 9.17) is 16.3 Å². The van der Waals surface area contributed by atoms with E-state index in [2.05, 4.69) is 10.6 Å². The van der Waals surface area contributed by atoms with Gasteiger partial charge in [-0.1, -0.05) is 54.1 Å². The molecule has 5 nitrogen and oxygen atoms in total. The molecule has 0 saturated heterocycles. The van der Waals surface area contributed by atoms with Gasteiger partial charge in [0.2, 0.25) is 0 Å². The first-order valence-corrected chi connectivity index (χ1v) is 8.24. The Balaban J connectivity index is 2.21. The quantitative estimate of drug-likeness (QED) is 0.840. The van der Waals surface area contributed by atoms with Crippen molar-refractivity contribution < 1.29 is 14.3 Å². The molecule has 2 aromatic rings. The molecule has 0 fully saturated rings. The lowest BCUT2D eigenvalue weighted by atomic mass is 10.1. The van der Waals surface area contributed by atoms with Crippen LogP contribution in [0, 0.1) is 0 Å². The molecule has 132 valence electrons. The third kappa shape index (κ3) is 5.80. The van der Waals surface area contributed by atoms with Crippen molar-refractivity contribution >= 4 is 29.3 Å². The van der Waals surface area contributed by atoms with Crippen molar-refractivity contribution in [2.75, 3.05) is 5.32 Å². The van der Waals surface area contributed by atoms with E-state index in [9.17, 15) is 9.59 Å². The van der Waals surface area contributed by atoms with Gasteiger partial charge in [0.05, 0.1) is 10.7 Å². The second kappa shape index (κ2) is 8.03. The van der Waals surface area contributed by atoms with Crippen LogP contribution in [0.25, 0.3) is 0 Å². The first-order valence-electron chi connectivity index (χ1n) is 7.86. The fraction of sp³-hybridized carbons (Fsp3) is 0.263. The van der Waals surface area contributed by atoms with E-state index in [1.54, 1.807) is 69.3 Å². The van der Waals surface area contributed by atoms with Crippen LogP contribution in [0.2, 0.25) is 5.02 Å². The summed E-state index contributed by atoms with van der Waals surface area (Å²) in [5, 5.41) is 5.77. The van der Waals surface area contributed by atoms with Crippen molar-refractivity contribution in [1.29, 1.82) is 0 Å². The van der Waals surface area contributed by atoms with Gasteiger partial charge in [-0.25, -0.2) is 4.79 Å². The fourth-order valence-corrected chi connectivity index (χ4v) is 2.32. The van der Waals surface area contributed by atoms with Crippen LogP contribution >= 0.6 is 11.6 Å². The van der Waals surface area contributed by atoms with Crippen molar-refractivity contribution in [2.24, 2.45) is 0 Å². The zero-order chi connectivity index (χ0) is 18.4. The minimum Gasteiger partial charge on any atom is -0.444 e. The van der Waals surface area contributed by atoms with Crippen molar-refractivity contribution in [3.63, 3.8) is 0 Å². The highest BCUT2D eigenvalue weighted by Crippen LogP contribution is 2.23. The van der Waals surface area contributed by atoms with Gasteiger partial charge in [0.25, 0.3) is 5.91 Å². The third-order valence-electron chi connectivity index (χ3n) is 3.19. The van der Waals surface area contributed by atoms with Gasteiger partial charge in [0.1, 0.15) is 11.6 Å². The summed E-state index contributed by atoms with van der Waals surface area (Å²) >= 11 is 6.09. The Morgan fingerprint density at radius 2 is 1.60 bits per heavy atom. The molecular weight excluding hydrogens is 340 g/mol. The predicted molar refractivity (Wildman–Crippen MR) is 98.6 cm³/mol. The van der Waals surface area contributed by atoms with E-state index in [1.165, 1.54) is 0 Å². The van der Waals surface area contributed by atoms with Gasteiger partial charge in [-0.05, 0) is 38.5 Å². The summed E-state index contributed by atoms with van der Waals surface area (Å²) in [6.07, 6.45) is -0.671. The molecule has 6 heteroatoms. The SMILES string of the molecule is CC(C)(C)OC(=O)N[C@H](C(=O)Nc1ccccc1Cl)c1ccccc1. The molecule has 0 spiro atoms. The van der Waals surface area contributed by atoms with E-state index in [0.717, 1.165) is 0 Å². The molecule has 0 saturated carbocycles. The van der Waals surface area contributed by atoms with Crippen LogP contribution < -0.4 is 10.6 Å².